The highest BCUT2D eigenvalue weighted by Crippen LogP contribution is 2.44. The largest absolute Gasteiger partial charge is 0.496 e. The lowest BCUT2D eigenvalue weighted by molar-refractivity contribution is 0.0767. The van der Waals surface area contributed by atoms with Crippen molar-refractivity contribution in [1.29, 1.82) is 0 Å². The van der Waals surface area contributed by atoms with Crippen molar-refractivity contribution in [3.63, 3.8) is 0 Å². The second kappa shape index (κ2) is 8.10. The third kappa shape index (κ3) is 3.61. The van der Waals surface area contributed by atoms with Crippen LogP contribution in [0.3, 0.4) is 0 Å². The summed E-state index contributed by atoms with van der Waals surface area (Å²) in [7, 11) is 3.72. The molecule has 0 saturated carbocycles. The minimum atomic E-state index is -0.205. The number of fused-ring (bicyclic) bond motifs is 1. The Bertz CT molecular complexity index is 875. The Morgan fingerprint density at radius 1 is 1.14 bits per heavy atom. The maximum atomic E-state index is 13.7. The molecular weight excluding hydrogens is 379 g/mol. The fourth-order valence-corrected chi connectivity index (χ4v) is 4.81. The van der Waals surface area contributed by atoms with E-state index < -0.39 is 0 Å². The Morgan fingerprint density at radius 2 is 1.93 bits per heavy atom. The minimum absolute atomic E-state index is 0. The van der Waals surface area contributed by atoms with E-state index in [-0.39, 0.29) is 30.2 Å². The SMILES string of the molecule is COc1ccc(C(=O)N2C[C@@H]3CN(C)[C@@H](c4cccc(F)c4)[C@@H]3C2)cc1C.Cl. The van der Waals surface area contributed by atoms with Gasteiger partial charge in [-0.1, -0.05) is 12.1 Å². The van der Waals surface area contributed by atoms with Crippen LogP contribution in [0.4, 0.5) is 4.39 Å². The first-order valence-corrected chi connectivity index (χ1v) is 9.37. The van der Waals surface area contributed by atoms with Gasteiger partial charge in [0, 0.05) is 37.2 Å². The molecule has 2 saturated heterocycles. The molecule has 2 aromatic carbocycles. The van der Waals surface area contributed by atoms with Crippen molar-refractivity contribution in [2.24, 2.45) is 11.8 Å². The van der Waals surface area contributed by atoms with Crippen LogP contribution in [0.15, 0.2) is 42.5 Å². The molecule has 3 atom stereocenters. The number of hydrogen-bond acceptors (Lipinski definition) is 3. The molecule has 150 valence electrons. The number of benzene rings is 2. The maximum Gasteiger partial charge on any atom is 0.253 e. The fraction of sp³-hybridized carbons (Fsp3) is 0.409. The van der Waals surface area contributed by atoms with Crippen LogP contribution in [0.1, 0.15) is 27.5 Å². The van der Waals surface area contributed by atoms with Gasteiger partial charge >= 0.3 is 0 Å². The molecule has 0 spiro atoms. The molecule has 0 aromatic heterocycles. The number of halogens is 2. The predicted octanol–water partition coefficient (Wildman–Crippen LogP) is 3.94. The van der Waals surface area contributed by atoms with Crippen LogP contribution < -0.4 is 4.74 Å². The predicted molar refractivity (Wildman–Crippen MR) is 110 cm³/mol. The number of likely N-dealkylation sites (tertiary alicyclic amines) is 2. The zero-order valence-corrected chi connectivity index (χ0v) is 17.2. The van der Waals surface area contributed by atoms with E-state index in [4.69, 9.17) is 4.74 Å². The van der Waals surface area contributed by atoms with E-state index in [1.54, 1.807) is 19.2 Å². The molecule has 28 heavy (non-hydrogen) atoms. The van der Waals surface area contributed by atoms with E-state index in [1.165, 1.54) is 6.07 Å². The minimum Gasteiger partial charge on any atom is -0.496 e. The van der Waals surface area contributed by atoms with Crippen LogP contribution in [-0.4, -0.2) is 49.5 Å². The van der Waals surface area contributed by atoms with Gasteiger partial charge in [-0.25, -0.2) is 4.39 Å². The van der Waals surface area contributed by atoms with E-state index >= 15 is 0 Å². The molecule has 4 rings (SSSR count). The number of hydrogen-bond donors (Lipinski definition) is 0. The molecule has 0 radical (unpaired) electrons. The summed E-state index contributed by atoms with van der Waals surface area (Å²) in [6.07, 6.45) is 0. The second-order valence-electron chi connectivity index (χ2n) is 7.76. The first-order valence-electron chi connectivity index (χ1n) is 9.37. The molecule has 0 bridgehead atoms. The van der Waals surface area contributed by atoms with Crippen molar-refractivity contribution in [3.05, 3.63) is 65.0 Å². The van der Waals surface area contributed by atoms with Crippen LogP contribution in [-0.2, 0) is 0 Å². The van der Waals surface area contributed by atoms with Crippen LogP contribution in [0.5, 0.6) is 5.75 Å². The zero-order valence-electron chi connectivity index (χ0n) is 16.4. The van der Waals surface area contributed by atoms with Crippen molar-refractivity contribution < 1.29 is 13.9 Å². The van der Waals surface area contributed by atoms with E-state index in [1.807, 2.05) is 36.1 Å². The van der Waals surface area contributed by atoms with Gasteiger partial charge < -0.3 is 9.64 Å². The molecular formula is C22H26ClFN2O2. The lowest BCUT2D eigenvalue weighted by Gasteiger charge is -2.27. The van der Waals surface area contributed by atoms with E-state index in [0.29, 0.717) is 23.9 Å². The number of ether oxygens (including phenoxy) is 1. The van der Waals surface area contributed by atoms with Gasteiger partial charge in [0.15, 0.2) is 0 Å². The molecule has 2 aliphatic rings. The van der Waals surface area contributed by atoms with E-state index in [0.717, 1.165) is 30.0 Å². The van der Waals surface area contributed by atoms with Gasteiger partial charge in [-0.3, -0.25) is 9.69 Å². The number of carbonyl (C=O) groups excluding carboxylic acids is 1. The van der Waals surface area contributed by atoms with Gasteiger partial charge in [-0.2, -0.15) is 0 Å². The summed E-state index contributed by atoms with van der Waals surface area (Å²) in [4.78, 5) is 17.3. The number of rotatable bonds is 3. The molecule has 4 nitrogen and oxygen atoms in total. The highest BCUT2D eigenvalue weighted by Gasteiger charge is 2.47. The molecule has 2 fully saturated rings. The topological polar surface area (TPSA) is 32.8 Å². The highest BCUT2D eigenvalue weighted by atomic mass is 35.5. The lowest BCUT2D eigenvalue weighted by Crippen LogP contribution is -2.33. The molecule has 6 heteroatoms. The number of carbonyl (C=O) groups is 1. The number of methoxy groups -OCH3 is 1. The second-order valence-corrected chi connectivity index (χ2v) is 7.76. The van der Waals surface area contributed by atoms with Crippen molar-refractivity contribution >= 4 is 18.3 Å². The lowest BCUT2D eigenvalue weighted by atomic mass is 9.89. The number of nitrogens with zero attached hydrogens (tertiary/aromatic N) is 2. The Labute approximate surface area is 171 Å². The standard InChI is InChI=1S/C22H25FN2O2.ClH/c1-14-9-16(7-8-20(14)27-3)22(26)25-12-17-11-24(2)21(19(17)13-25)15-5-4-6-18(23)10-15;/h4-10,17,19,21H,11-13H2,1-3H3;1H/t17-,19+,21-;/m0./s1. The van der Waals surface area contributed by atoms with Gasteiger partial charge in [0.25, 0.3) is 5.91 Å². The Kier molecular flexibility index (Phi) is 5.96. The first kappa shape index (κ1) is 20.6. The molecule has 0 N–H and O–H groups in total. The van der Waals surface area contributed by atoms with E-state index in [2.05, 4.69) is 11.9 Å². The smallest absolute Gasteiger partial charge is 0.253 e. The van der Waals surface area contributed by atoms with Gasteiger partial charge in [-0.05, 0) is 61.3 Å². The first-order chi connectivity index (χ1) is 13.0. The summed E-state index contributed by atoms with van der Waals surface area (Å²) < 4.78 is 19.0. The quantitative estimate of drug-likeness (QED) is 0.776. The van der Waals surface area contributed by atoms with Crippen LogP contribution >= 0.6 is 12.4 Å². The van der Waals surface area contributed by atoms with Gasteiger partial charge in [0.2, 0.25) is 0 Å². The van der Waals surface area contributed by atoms with E-state index in [9.17, 15) is 9.18 Å². The highest BCUT2D eigenvalue weighted by molar-refractivity contribution is 5.94. The van der Waals surface area contributed by atoms with Gasteiger partial charge in [-0.15, -0.1) is 12.4 Å². The summed E-state index contributed by atoms with van der Waals surface area (Å²) in [5.41, 5.74) is 2.66. The number of aryl methyl sites for hydroxylation is 1. The Morgan fingerprint density at radius 3 is 2.61 bits per heavy atom. The van der Waals surface area contributed by atoms with Crippen molar-refractivity contribution in [1.82, 2.24) is 9.80 Å². The molecule has 2 aromatic rings. The Balaban J connectivity index is 0.00000225. The molecule has 2 heterocycles. The molecule has 1 amide bonds. The molecule has 2 aliphatic heterocycles. The van der Waals surface area contributed by atoms with Crippen LogP contribution in [0.2, 0.25) is 0 Å². The van der Waals surface area contributed by atoms with Crippen LogP contribution in [0, 0.1) is 24.6 Å². The molecule has 0 aliphatic carbocycles. The summed E-state index contributed by atoms with van der Waals surface area (Å²) in [5, 5.41) is 0. The maximum absolute atomic E-state index is 13.7. The Hall–Kier alpha value is -2.11. The van der Waals surface area contributed by atoms with Gasteiger partial charge in [0.1, 0.15) is 11.6 Å². The summed E-state index contributed by atoms with van der Waals surface area (Å²) in [5.74, 6) is 1.41. The zero-order chi connectivity index (χ0) is 19.1. The average molecular weight is 405 g/mol. The summed E-state index contributed by atoms with van der Waals surface area (Å²) in [6.45, 7) is 4.34. The van der Waals surface area contributed by atoms with Crippen molar-refractivity contribution in [3.8, 4) is 5.75 Å². The van der Waals surface area contributed by atoms with Gasteiger partial charge in [0.05, 0.1) is 7.11 Å². The third-order valence-corrected chi connectivity index (χ3v) is 6.01. The van der Waals surface area contributed by atoms with Crippen molar-refractivity contribution in [2.75, 3.05) is 33.8 Å². The number of amides is 1. The average Bonchev–Trinajstić information content (AvgIpc) is 3.17. The summed E-state index contributed by atoms with van der Waals surface area (Å²) >= 11 is 0. The third-order valence-electron chi connectivity index (χ3n) is 6.01. The van der Waals surface area contributed by atoms with Crippen LogP contribution in [0.25, 0.3) is 0 Å². The fourth-order valence-electron chi connectivity index (χ4n) is 4.81. The normalized spacial score (nSPS) is 24.0. The monoisotopic (exact) mass is 404 g/mol. The summed E-state index contributed by atoms with van der Waals surface area (Å²) in [6, 6.07) is 12.6. The molecule has 0 unspecified atom stereocenters. The van der Waals surface area contributed by atoms with Crippen molar-refractivity contribution in [2.45, 2.75) is 13.0 Å².